The lowest BCUT2D eigenvalue weighted by atomic mass is 9.97. The Bertz CT molecular complexity index is 628. The lowest BCUT2D eigenvalue weighted by Crippen LogP contribution is -2.24. The van der Waals surface area contributed by atoms with Gasteiger partial charge in [-0.2, -0.15) is 0 Å². The van der Waals surface area contributed by atoms with Crippen molar-refractivity contribution in [1.82, 2.24) is 5.32 Å². The summed E-state index contributed by atoms with van der Waals surface area (Å²) in [5.41, 5.74) is 2.47. The molecule has 2 aromatic carbocycles. The molecule has 0 saturated heterocycles. The lowest BCUT2D eigenvalue weighted by Gasteiger charge is -2.21. The Kier molecular flexibility index (Phi) is 5.63. The second-order valence-corrected chi connectivity index (χ2v) is 5.85. The van der Waals surface area contributed by atoms with Crippen molar-refractivity contribution < 1.29 is 4.39 Å². The Hall–Kier alpha value is -1.09. The molecule has 0 aliphatic carbocycles. The molecule has 0 aromatic heterocycles. The Labute approximate surface area is 135 Å². The molecule has 4 heteroatoms. The van der Waals surface area contributed by atoms with Gasteiger partial charge >= 0.3 is 0 Å². The SMILES string of the molecule is CCCNC(c1ccc(C)c(Cl)c1)c1cccc(Cl)c1F. The van der Waals surface area contributed by atoms with Gasteiger partial charge in [-0.1, -0.05) is 54.4 Å². The molecule has 1 nitrogen and oxygen atoms in total. The van der Waals surface area contributed by atoms with E-state index in [-0.39, 0.29) is 16.9 Å². The fourth-order valence-corrected chi connectivity index (χ4v) is 2.60. The summed E-state index contributed by atoms with van der Waals surface area (Å²) in [6, 6.07) is 10.6. The lowest BCUT2D eigenvalue weighted by molar-refractivity contribution is 0.547. The minimum absolute atomic E-state index is 0.133. The van der Waals surface area contributed by atoms with E-state index in [1.165, 1.54) is 0 Å². The van der Waals surface area contributed by atoms with Gasteiger partial charge in [0.1, 0.15) is 5.82 Å². The molecule has 0 radical (unpaired) electrons. The molecule has 0 bridgehead atoms. The monoisotopic (exact) mass is 325 g/mol. The van der Waals surface area contributed by atoms with Gasteiger partial charge in [0.05, 0.1) is 11.1 Å². The molecule has 1 unspecified atom stereocenters. The minimum Gasteiger partial charge on any atom is -0.306 e. The molecule has 2 rings (SSSR count). The Balaban J connectivity index is 2.47. The summed E-state index contributed by atoms with van der Waals surface area (Å²) in [6.07, 6.45) is 0.957. The highest BCUT2D eigenvalue weighted by Gasteiger charge is 2.19. The molecule has 0 fully saturated rings. The van der Waals surface area contributed by atoms with Crippen LogP contribution in [0.2, 0.25) is 10.0 Å². The van der Waals surface area contributed by atoms with E-state index in [9.17, 15) is 4.39 Å². The van der Waals surface area contributed by atoms with Crippen molar-refractivity contribution in [3.05, 3.63) is 69.0 Å². The van der Waals surface area contributed by atoms with Crippen LogP contribution in [0.25, 0.3) is 0 Å². The maximum Gasteiger partial charge on any atom is 0.146 e. The second-order valence-electron chi connectivity index (χ2n) is 5.04. The zero-order valence-corrected chi connectivity index (χ0v) is 13.6. The molecule has 0 aliphatic heterocycles. The second kappa shape index (κ2) is 7.26. The molecule has 0 spiro atoms. The molecule has 1 N–H and O–H groups in total. The predicted molar refractivity (Wildman–Crippen MR) is 87.7 cm³/mol. The summed E-state index contributed by atoms with van der Waals surface area (Å²) in [5.74, 6) is -0.385. The number of nitrogens with one attached hydrogen (secondary N) is 1. The van der Waals surface area contributed by atoms with Gasteiger partial charge in [0, 0.05) is 10.6 Å². The number of rotatable bonds is 5. The summed E-state index contributed by atoms with van der Waals surface area (Å²) < 4.78 is 14.3. The summed E-state index contributed by atoms with van der Waals surface area (Å²) in [5, 5.41) is 4.17. The van der Waals surface area contributed by atoms with E-state index in [4.69, 9.17) is 23.2 Å². The first-order valence-corrected chi connectivity index (χ1v) is 7.73. The minimum atomic E-state index is -0.385. The van der Waals surface area contributed by atoms with E-state index in [1.807, 2.05) is 25.1 Å². The number of hydrogen-bond acceptors (Lipinski definition) is 1. The van der Waals surface area contributed by atoms with Crippen LogP contribution in [0.3, 0.4) is 0 Å². The number of hydrogen-bond donors (Lipinski definition) is 1. The van der Waals surface area contributed by atoms with Crippen LogP contribution in [0.5, 0.6) is 0 Å². The molecule has 0 aliphatic rings. The van der Waals surface area contributed by atoms with Crippen LogP contribution in [-0.4, -0.2) is 6.54 Å². The molecule has 0 saturated carbocycles. The van der Waals surface area contributed by atoms with Crippen molar-refractivity contribution in [2.75, 3.05) is 6.54 Å². The molecule has 112 valence electrons. The Morgan fingerprint density at radius 3 is 2.57 bits per heavy atom. The quantitative estimate of drug-likeness (QED) is 0.762. The van der Waals surface area contributed by atoms with E-state index in [0.29, 0.717) is 10.6 Å². The number of aryl methyl sites for hydroxylation is 1. The largest absolute Gasteiger partial charge is 0.306 e. The molecule has 0 heterocycles. The van der Waals surface area contributed by atoms with Crippen molar-refractivity contribution in [3.8, 4) is 0 Å². The van der Waals surface area contributed by atoms with Crippen LogP contribution in [0.15, 0.2) is 36.4 Å². The first kappa shape index (κ1) is 16.3. The van der Waals surface area contributed by atoms with Gasteiger partial charge in [0.15, 0.2) is 0 Å². The fourth-order valence-electron chi connectivity index (χ4n) is 2.23. The average Bonchev–Trinajstić information content (AvgIpc) is 2.47. The fraction of sp³-hybridized carbons (Fsp3) is 0.294. The van der Waals surface area contributed by atoms with Crippen LogP contribution in [0.4, 0.5) is 4.39 Å². The predicted octanol–water partition coefficient (Wildman–Crippen LogP) is 5.53. The van der Waals surface area contributed by atoms with Gasteiger partial charge in [0.25, 0.3) is 0 Å². The van der Waals surface area contributed by atoms with E-state index in [0.717, 1.165) is 24.1 Å². The van der Waals surface area contributed by atoms with Gasteiger partial charge in [0.2, 0.25) is 0 Å². The highest BCUT2D eigenvalue weighted by Crippen LogP contribution is 2.30. The maximum atomic E-state index is 14.3. The van der Waals surface area contributed by atoms with Crippen molar-refractivity contribution in [3.63, 3.8) is 0 Å². The third-order valence-electron chi connectivity index (χ3n) is 3.42. The standard InChI is InChI=1S/C17H18Cl2FN/c1-3-9-21-17(12-8-7-11(2)15(19)10-12)13-5-4-6-14(18)16(13)20/h4-8,10,17,21H,3,9H2,1-2H3. The molecule has 1 atom stereocenters. The first-order chi connectivity index (χ1) is 10.0. The number of benzene rings is 2. The van der Waals surface area contributed by atoms with E-state index >= 15 is 0 Å². The van der Waals surface area contributed by atoms with Crippen molar-refractivity contribution in [2.24, 2.45) is 0 Å². The zero-order valence-electron chi connectivity index (χ0n) is 12.1. The molecule has 21 heavy (non-hydrogen) atoms. The van der Waals surface area contributed by atoms with Crippen molar-refractivity contribution >= 4 is 23.2 Å². The van der Waals surface area contributed by atoms with Crippen LogP contribution in [0.1, 0.15) is 36.1 Å². The summed E-state index contributed by atoms with van der Waals surface area (Å²) >= 11 is 12.1. The highest BCUT2D eigenvalue weighted by atomic mass is 35.5. The van der Waals surface area contributed by atoms with Gasteiger partial charge in [-0.3, -0.25) is 0 Å². The normalized spacial score (nSPS) is 12.4. The van der Waals surface area contributed by atoms with E-state index in [2.05, 4.69) is 12.2 Å². The van der Waals surface area contributed by atoms with Gasteiger partial charge in [-0.05, 0) is 43.1 Å². The first-order valence-electron chi connectivity index (χ1n) is 6.98. The van der Waals surface area contributed by atoms with Crippen LogP contribution in [-0.2, 0) is 0 Å². The molecular formula is C17H18Cl2FN. The smallest absolute Gasteiger partial charge is 0.146 e. The van der Waals surface area contributed by atoms with E-state index < -0.39 is 0 Å². The Morgan fingerprint density at radius 2 is 1.90 bits per heavy atom. The molecule has 0 amide bonds. The Morgan fingerprint density at radius 1 is 1.14 bits per heavy atom. The summed E-state index contributed by atoms with van der Waals surface area (Å²) in [7, 11) is 0. The highest BCUT2D eigenvalue weighted by molar-refractivity contribution is 6.31. The van der Waals surface area contributed by atoms with Crippen molar-refractivity contribution in [2.45, 2.75) is 26.3 Å². The summed E-state index contributed by atoms with van der Waals surface area (Å²) in [6.45, 7) is 4.79. The van der Waals surface area contributed by atoms with E-state index in [1.54, 1.807) is 18.2 Å². The van der Waals surface area contributed by atoms with Gasteiger partial charge in [-0.25, -0.2) is 4.39 Å². The number of halogens is 3. The molecular weight excluding hydrogens is 308 g/mol. The van der Waals surface area contributed by atoms with Crippen LogP contribution >= 0.6 is 23.2 Å². The average molecular weight is 326 g/mol. The van der Waals surface area contributed by atoms with Crippen molar-refractivity contribution in [1.29, 1.82) is 0 Å². The topological polar surface area (TPSA) is 12.0 Å². The third-order valence-corrected chi connectivity index (χ3v) is 4.12. The zero-order chi connectivity index (χ0) is 15.4. The molecule has 2 aromatic rings. The van der Waals surface area contributed by atoms with Gasteiger partial charge in [-0.15, -0.1) is 0 Å². The van der Waals surface area contributed by atoms with Gasteiger partial charge < -0.3 is 5.32 Å². The van der Waals surface area contributed by atoms with Crippen LogP contribution in [0, 0.1) is 12.7 Å². The maximum absolute atomic E-state index is 14.3. The summed E-state index contributed by atoms with van der Waals surface area (Å²) in [4.78, 5) is 0. The van der Waals surface area contributed by atoms with Crippen LogP contribution < -0.4 is 5.32 Å². The third kappa shape index (κ3) is 3.76.